The van der Waals surface area contributed by atoms with Crippen LogP contribution in [0.15, 0.2) is 72.8 Å². The smallest absolute Gasteiger partial charge is 0.243 e. The summed E-state index contributed by atoms with van der Waals surface area (Å²) in [5, 5.41) is 3.99. The maximum atomic E-state index is 13.8. The highest BCUT2D eigenvalue weighted by atomic mass is 35.5. The number of amides is 2. The highest BCUT2D eigenvalue weighted by Gasteiger charge is 2.31. The lowest BCUT2D eigenvalue weighted by molar-refractivity contribution is -0.140. The molecule has 0 saturated carbocycles. The van der Waals surface area contributed by atoms with E-state index in [1.54, 1.807) is 23.1 Å². The maximum Gasteiger partial charge on any atom is 0.243 e. The lowest BCUT2D eigenvalue weighted by Gasteiger charge is -2.32. The quantitative estimate of drug-likeness (QED) is 0.350. The fourth-order valence-electron chi connectivity index (χ4n) is 3.88. The SMILES string of the molecule is Cc1ccccc1CN(C(=O)Cc1ccc(Cl)cc1Cl)C(Cc1ccccc1)C(=O)NCC(C)C. The molecule has 0 aliphatic rings. The van der Waals surface area contributed by atoms with E-state index in [9.17, 15) is 9.59 Å². The zero-order chi connectivity index (χ0) is 25.4. The summed E-state index contributed by atoms with van der Waals surface area (Å²) in [6.07, 6.45) is 0.487. The molecule has 1 N–H and O–H groups in total. The Morgan fingerprint density at radius 1 is 0.914 bits per heavy atom. The third-order valence-corrected chi connectivity index (χ3v) is 6.50. The normalized spacial score (nSPS) is 11.8. The number of nitrogens with zero attached hydrogens (tertiary/aromatic N) is 1. The first-order valence-corrected chi connectivity index (χ1v) is 12.6. The van der Waals surface area contributed by atoms with Crippen LogP contribution >= 0.6 is 23.2 Å². The number of benzene rings is 3. The van der Waals surface area contributed by atoms with Crippen molar-refractivity contribution in [3.63, 3.8) is 0 Å². The van der Waals surface area contributed by atoms with Crippen molar-refractivity contribution in [3.8, 4) is 0 Å². The van der Waals surface area contributed by atoms with Crippen LogP contribution in [0, 0.1) is 12.8 Å². The molecule has 4 nitrogen and oxygen atoms in total. The molecule has 6 heteroatoms. The second kappa shape index (κ2) is 12.8. The molecule has 1 unspecified atom stereocenters. The predicted octanol–water partition coefficient (Wildman–Crippen LogP) is 6.26. The fraction of sp³-hybridized carbons (Fsp3) is 0.310. The van der Waals surface area contributed by atoms with Crippen LogP contribution < -0.4 is 5.32 Å². The van der Waals surface area contributed by atoms with E-state index >= 15 is 0 Å². The number of hydrogen-bond donors (Lipinski definition) is 1. The van der Waals surface area contributed by atoms with E-state index in [2.05, 4.69) is 5.32 Å². The van der Waals surface area contributed by atoms with E-state index in [1.165, 1.54) is 0 Å². The minimum Gasteiger partial charge on any atom is -0.354 e. The molecule has 2 amide bonds. The van der Waals surface area contributed by atoms with Crippen LogP contribution in [0.25, 0.3) is 0 Å². The van der Waals surface area contributed by atoms with E-state index in [0.29, 0.717) is 41.0 Å². The lowest BCUT2D eigenvalue weighted by Crippen LogP contribution is -2.51. The van der Waals surface area contributed by atoms with Gasteiger partial charge in [0.2, 0.25) is 11.8 Å². The van der Waals surface area contributed by atoms with Gasteiger partial charge in [-0.1, -0.05) is 97.7 Å². The molecule has 0 spiro atoms. The van der Waals surface area contributed by atoms with Gasteiger partial charge in [-0.2, -0.15) is 0 Å². The molecule has 3 aromatic rings. The average molecular weight is 511 g/mol. The van der Waals surface area contributed by atoms with Gasteiger partial charge in [-0.15, -0.1) is 0 Å². The van der Waals surface area contributed by atoms with Crippen LogP contribution in [0.4, 0.5) is 0 Å². The van der Waals surface area contributed by atoms with Gasteiger partial charge in [0.1, 0.15) is 6.04 Å². The second-order valence-electron chi connectivity index (χ2n) is 9.21. The fourth-order valence-corrected chi connectivity index (χ4v) is 4.35. The Labute approximate surface area is 218 Å². The molecule has 0 heterocycles. The molecule has 3 aromatic carbocycles. The van der Waals surface area contributed by atoms with Crippen molar-refractivity contribution in [2.45, 2.75) is 46.2 Å². The summed E-state index contributed by atoms with van der Waals surface area (Å²) in [4.78, 5) is 29.0. The molecule has 0 saturated heterocycles. The summed E-state index contributed by atoms with van der Waals surface area (Å²) in [5.74, 6) is -0.0329. The van der Waals surface area contributed by atoms with Crippen molar-refractivity contribution in [1.29, 1.82) is 0 Å². The van der Waals surface area contributed by atoms with Crippen molar-refractivity contribution in [2.75, 3.05) is 6.54 Å². The Bertz CT molecular complexity index is 1150. The zero-order valence-corrected chi connectivity index (χ0v) is 21.9. The minimum atomic E-state index is -0.672. The van der Waals surface area contributed by atoms with Crippen molar-refractivity contribution < 1.29 is 9.59 Å². The zero-order valence-electron chi connectivity index (χ0n) is 20.4. The molecule has 1 atom stereocenters. The van der Waals surface area contributed by atoms with Crippen LogP contribution in [-0.4, -0.2) is 29.3 Å². The monoisotopic (exact) mass is 510 g/mol. The van der Waals surface area contributed by atoms with Crippen molar-refractivity contribution in [2.24, 2.45) is 5.92 Å². The molecular weight excluding hydrogens is 479 g/mol. The van der Waals surface area contributed by atoms with E-state index in [4.69, 9.17) is 23.2 Å². The maximum absolute atomic E-state index is 13.8. The average Bonchev–Trinajstić information content (AvgIpc) is 2.83. The number of hydrogen-bond acceptors (Lipinski definition) is 2. The van der Waals surface area contributed by atoms with E-state index in [0.717, 1.165) is 16.7 Å². The first-order valence-electron chi connectivity index (χ1n) is 11.8. The number of rotatable bonds is 10. The summed E-state index contributed by atoms with van der Waals surface area (Å²) in [6, 6.07) is 22.2. The van der Waals surface area contributed by atoms with Gasteiger partial charge in [-0.05, 0) is 47.2 Å². The number of aryl methyl sites for hydroxylation is 1. The van der Waals surface area contributed by atoms with Gasteiger partial charge in [0.05, 0.1) is 6.42 Å². The molecule has 184 valence electrons. The van der Waals surface area contributed by atoms with Crippen LogP contribution in [0.3, 0.4) is 0 Å². The van der Waals surface area contributed by atoms with Gasteiger partial charge in [0.25, 0.3) is 0 Å². The first kappa shape index (κ1) is 26.8. The highest BCUT2D eigenvalue weighted by Crippen LogP contribution is 2.24. The van der Waals surface area contributed by atoms with Gasteiger partial charge >= 0.3 is 0 Å². The van der Waals surface area contributed by atoms with Gasteiger partial charge < -0.3 is 10.2 Å². The third kappa shape index (κ3) is 7.84. The van der Waals surface area contributed by atoms with Gasteiger partial charge in [-0.3, -0.25) is 9.59 Å². The van der Waals surface area contributed by atoms with Gasteiger partial charge in [-0.25, -0.2) is 0 Å². The standard InChI is InChI=1S/C29H32Cl2N2O2/c1-20(2)18-32-29(35)27(15-22-10-5-4-6-11-22)33(19-24-12-8-7-9-21(24)3)28(34)16-23-13-14-25(30)17-26(23)31/h4-14,17,20,27H,15-16,18-19H2,1-3H3,(H,32,35). The molecule has 0 bridgehead atoms. The topological polar surface area (TPSA) is 49.4 Å². The molecule has 0 aliphatic heterocycles. The summed E-state index contributed by atoms with van der Waals surface area (Å²) in [7, 11) is 0. The van der Waals surface area contributed by atoms with Crippen molar-refractivity contribution in [1.82, 2.24) is 10.2 Å². The summed E-state index contributed by atoms with van der Waals surface area (Å²) in [6.45, 7) is 6.97. The molecule has 0 aliphatic carbocycles. The molecule has 0 fully saturated rings. The Morgan fingerprint density at radius 3 is 2.26 bits per heavy atom. The van der Waals surface area contributed by atoms with Crippen molar-refractivity contribution >= 4 is 35.0 Å². The third-order valence-electron chi connectivity index (χ3n) is 5.91. The van der Waals surface area contributed by atoms with Crippen molar-refractivity contribution in [3.05, 3.63) is 105 Å². The second-order valence-corrected chi connectivity index (χ2v) is 10.0. The van der Waals surface area contributed by atoms with E-state index < -0.39 is 6.04 Å². The number of carbonyl (C=O) groups is 2. The molecule has 35 heavy (non-hydrogen) atoms. The Morgan fingerprint density at radius 2 is 1.60 bits per heavy atom. The number of halogens is 2. The molecular formula is C29H32Cl2N2O2. The largest absolute Gasteiger partial charge is 0.354 e. The Kier molecular flexibility index (Phi) is 9.76. The molecule has 0 radical (unpaired) electrons. The summed E-state index contributed by atoms with van der Waals surface area (Å²) >= 11 is 12.4. The highest BCUT2D eigenvalue weighted by molar-refractivity contribution is 6.35. The predicted molar refractivity (Wildman–Crippen MR) is 144 cm³/mol. The van der Waals surface area contributed by atoms with Gasteiger partial charge in [0, 0.05) is 29.6 Å². The van der Waals surface area contributed by atoms with Gasteiger partial charge in [0.15, 0.2) is 0 Å². The van der Waals surface area contributed by atoms with Crippen LogP contribution in [0.1, 0.15) is 36.1 Å². The lowest BCUT2D eigenvalue weighted by atomic mass is 10.00. The summed E-state index contributed by atoms with van der Waals surface area (Å²) < 4.78 is 0. The van der Waals surface area contributed by atoms with E-state index in [1.807, 2.05) is 75.4 Å². The first-order chi connectivity index (χ1) is 16.7. The Balaban J connectivity index is 1.99. The Hall–Kier alpha value is -2.82. The van der Waals surface area contributed by atoms with Crippen LogP contribution in [0.5, 0.6) is 0 Å². The van der Waals surface area contributed by atoms with E-state index in [-0.39, 0.29) is 18.2 Å². The minimum absolute atomic E-state index is 0.0740. The number of carbonyl (C=O) groups excluding carboxylic acids is 2. The summed E-state index contributed by atoms with van der Waals surface area (Å²) in [5.41, 5.74) is 3.73. The molecule has 3 rings (SSSR count). The van der Waals surface area contributed by atoms with Crippen LogP contribution in [0.2, 0.25) is 10.0 Å². The van der Waals surface area contributed by atoms with Crippen LogP contribution in [-0.2, 0) is 29.0 Å². The number of nitrogens with one attached hydrogen (secondary N) is 1. The molecule has 0 aromatic heterocycles.